The lowest BCUT2D eigenvalue weighted by molar-refractivity contribution is -0.145. The van der Waals surface area contributed by atoms with Gasteiger partial charge in [-0.3, -0.25) is 9.69 Å². The van der Waals surface area contributed by atoms with Crippen LogP contribution in [0.3, 0.4) is 0 Å². The third-order valence-electron chi connectivity index (χ3n) is 8.44. The maximum Gasteiger partial charge on any atom is 0.309 e. The summed E-state index contributed by atoms with van der Waals surface area (Å²) in [5, 5.41) is 20.0. The lowest BCUT2D eigenvalue weighted by Gasteiger charge is -2.34. The number of nitrogens with zero attached hydrogens (tertiary/aromatic N) is 2. The summed E-state index contributed by atoms with van der Waals surface area (Å²) in [4.78, 5) is 18.2. The van der Waals surface area contributed by atoms with Gasteiger partial charge < -0.3 is 19.7 Å². The molecule has 2 N–H and O–H groups in total. The van der Waals surface area contributed by atoms with Crippen molar-refractivity contribution >= 4 is 5.97 Å². The molecule has 2 aliphatic heterocycles. The number of ether oxygens (including phenoxy) is 2. The lowest BCUT2D eigenvalue weighted by atomic mass is 9.90. The number of likely N-dealkylation sites (tertiary alicyclic amines) is 1. The van der Waals surface area contributed by atoms with Gasteiger partial charge in [0.15, 0.2) is 0 Å². The van der Waals surface area contributed by atoms with E-state index in [4.69, 9.17) is 9.47 Å². The maximum absolute atomic E-state index is 11.4. The van der Waals surface area contributed by atoms with Crippen LogP contribution < -0.4 is 9.47 Å². The van der Waals surface area contributed by atoms with Crippen LogP contribution >= 0.6 is 0 Å². The molecule has 1 fully saturated rings. The van der Waals surface area contributed by atoms with Gasteiger partial charge in [0, 0.05) is 24.3 Å². The van der Waals surface area contributed by atoms with Crippen LogP contribution in [0.5, 0.6) is 11.6 Å². The van der Waals surface area contributed by atoms with Crippen LogP contribution in [0.15, 0.2) is 54.7 Å². The van der Waals surface area contributed by atoms with Gasteiger partial charge >= 0.3 is 5.97 Å². The Labute approximate surface area is 230 Å². The molecule has 0 bridgehead atoms. The van der Waals surface area contributed by atoms with E-state index >= 15 is 0 Å². The van der Waals surface area contributed by atoms with Crippen LogP contribution in [-0.4, -0.2) is 45.3 Å². The minimum Gasteiger partial charge on any atom is -0.485 e. The van der Waals surface area contributed by atoms with Gasteiger partial charge in [-0.1, -0.05) is 24.3 Å². The molecule has 2 aromatic carbocycles. The summed E-state index contributed by atoms with van der Waals surface area (Å²) in [6, 6.07) is 16.1. The minimum atomic E-state index is -1.10. The number of fused-ring (bicyclic) bond motifs is 1. The molecule has 0 saturated carbocycles. The van der Waals surface area contributed by atoms with Crippen molar-refractivity contribution in [1.82, 2.24) is 9.88 Å². The summed E-state index contributed by atoms with van der Waals surface area (Å²) < 4.78 is 11.9. The number of aryl methyl sites for hydroxylation is 1. The molecule has 7 nitrogen and oxygen atoms in total. The Kier molecular flexibility index (Phi) is 7.65. The van der Waals surface area contributed by atoms with Crippen LogP contribution in [0.25, 0.3) is 11.1 Å². The topological polar surface area (TPSA) is 92.1 Å². The molecular formula is C32H38N2O5. The molecule has 3 heterocycles. The molecule has 0 aliphatic carbocycles. The highest BCUT2D eigenvalue weighted by Gasteiger charge is 2.33. The fourth-order valence-electron chi connectivity index (χ4n) is 5.81. The quantitative estimate of drug-likeness (QED) is 0.372. The number of hydrogen-bond acceptors (Lipinski definition) is 6. The van der Waals surface area contributed by atoms with Gasteiger partial charge in [0.1, 0.15) is 11.9 Å². The summed E-state index contributed by atoms with van der Waals surface area (Å²) in [6.45, 7) is 8.05. The Bertz CT molecular complexity index is 1350. The predicted octanol–water partition coefficient (Wildman–Crippen LogP) is 5.95. The first kappa shape index (κ1) is 27.2. The van der Waals surface area contributed by atoms with Crippen LogP contribution in [0.2, 0.25) is 0 Å². The molecule has 5 rings (SSSR count). The monoisotopic (exact) mass is 530 g/mol. The van der Waals surface area contributed by atoms with Gasteiger partial charge in [-0.2, -0.15) is 0 Å². The molecule has 3 aromatic rings. The Hall–Kier alpha value is -3.42. The van der Waals surface area contributed by atoms with E-state index in [0.717, 1.165) is 53.9 Å². The third-order valence-corrected chi connectivity index (χ3v) is 8.44. The van der Waals surface area contributed by atoms with E-state index in [2.05, 4.69) is 41.9 Å². The first-order valence-corrected chi connectivity index (χ1v) is 13.7. The molecule has 39 heavy (non-hydrogen) atoms. The maximum atomic E-state index is 11.4. The van der Waals surface area contributed by atoms with Crippen molar-refractivity contribution in [2.24, 2.45) is 5.92 Å². The zero-order chi connectivity index (χ0) is 27.7. The van der Waals surface area contributed by atoms with Crippen LogP contribution in [-0.2, 0) is 17.8 Å². The van der Waals surface area contributed by atoms with Gasteiger partial charge in [-0.25, -0.2) is 4.98 Å². The Morgan fingerprint density at radius 3 is 2.69 bits per heavy atom. The van der Waals surface area contributed by atoms with E-state index in [1.807, 2.05) is 30.3 Å². The average molecular weight is 531 g/mol. The molecule has 3 atom stereocenters. The number of carboxylic acid groups (broad SMARTS) is 1. The molecule has 206 valence electrons. The van der Waals surface area contributed by atoms with E-state index in [0.29, 0.717) is 11.4 Å². The lowest BCUT2D eigenvalue weighted by Crippen LogP contribution is -2.37. The van der Waals surface area contributed by atoms with E-state index in [9.17, 15) is 15.0 Å². The van der Waals surface area contributed by atoms with Gasteiger partial charge in [0.2, 0.25) is 5.88 Å². The SMILES string of the molecule is COc1cc(-c2ccc(C3CCc4ccc([C@H](O)[C@H](C)C(=O)O)cc4O3)c(CN3CCCC3(C)C)c2)ccn1. The highest BCUT2D eigenvalue weighted by Crippen LogP contribution is 2.40. The van der Waals surface area contributed by atoms with Gasteiger partial charge in [-0.05, 0) is 105 Å². The fourth-order valence-corrected chi connectivity index (χ4v) is 5.81. The largest absolute Gasteiger partial charge is 0.485 e. The first-order valence-electron chi connectivity index (χ1n) is 13.7. The third kappa shape index (κ3) is 5.65. The highest BCUT2D eigenvalue weighted by atomic mass is 16.5. The van der Waals surface area contributed by atoms with Crippen molar-refractivity contribution < 1.29 is 24.5 Å². The van der Waals surface area contributed by atoms with E-state index in [-0.39, 0.29) is 11.6 Å². The van der Waals surface area contributed by atoms with Crippen molar-refractivity contribution in [3.8, 4) is 22.8 Å². The standard InChI is InChI=1S/C32H38N2O5/c1-20(31(36)37)30(35)24-7-6-21-9-11-27(39-28(21)17-24)26-10-8-22(23-12-14-33-29(18-23)38-4)16-25(26)19-34-15-5-13-32(34,2)3/h6-8,10,12,14,16-18,20,27,30,35H,5,9,11,13,15,19H2,1-4H3,(H,36,37)/t20-,27?,30+/m0/s1. The Morgan fingerprint density at radius 2 is 1.97 bits per heavy atom. The number of pyridine rings is 1. The number of methoxy groups -OCH3 is 1. The Morgan fingerprint density at radius 1 is 1.18 bits per heavy atom. The second-order valence-corrected chi connectivity index (χ2v) is 11.4. The second kappa shape index (κ2) is 11.0. The van der Waals surface area contributed by atoms with E-state index in [1.165, 1.54) is 25.3 Å². The molecule has 7 heteroatoms. The predicted molar refractivity (Wildman–Crippen MR) is 150 cm³/mol. The van der Waals surface area contributed by atoms with Crippen molar-refractivity contribution in [2.45, 2.75) is 70.7 Å². The van der Waals surface area contributed by atoms with Crippen molar-refractivity contribution in [2.75, 3.05) is 13.7 Å². The van der Waals surface area contributed by atoms with E-state index < -0.39 is 18.0 Å². The summed E-state index contributed by atoms with van der Waals surface area (Å²) in [5.41, 5.74) is 6.34. The van der Waals surface area contributed by atoms with Crippen LogP contribution in [0, 0.1) is 5.92 Å². The minimum absolute atomic E-state index is 0.136. The first-order chi connectivity index (χ1) is 18.7. The number of carbonyl (C=O) groups is 1. The molecule has 0 spiro atoms. The summed E-state index contributed by atoms with van der Waals surface area (Å²) in [7, 11) is 1.63. The molecule has 0 radical (unpaired) electrons. The molecule has 1 aromatic heterocycles. The number of rotatable bonds is 8. The smallest absolute Gasteiger partial charge is 0.309 e. The number of aliphatic carboxylic acids is 1. The van der Waals surface area contributed by atoms with Gasteiger partial charge in [0.25, 0.3) is 0 Å². The zero-order valence-corrected chi connectivity index (χ0v) is 23.2. The molecule has 0 amide bonds. The molecule has 2 aliphatic rings. The Balaban J connectivity index is 1.48. The van der Waals surface area contributed by atoms with Crippen LogP contribution in [0.4, 0.5) is 0 Å². The number of aliphatic hydroxyl groups excluding tert-OH is 1. The van der Waals surface area contributed by atoms with Crippen molar-refractivity contribution in [1.29, 1.82) is 0 Å². The highest BCUT2D eigenvalue weighted by molar-refractivity contribution is 5.70. The summed E-state index contributed by atoms with van der Waals surface area (Å²) in [5.74, 6) is -0.630. The number of hydrogen-bond donors (Lipinski definition) is 2. The number of benzene rings is 2. The molecule has 1 saturated heterocycles. The second-order valence-electron chi connectivity index (χ2n) is 11.4. The zero-order valence-electron chi connectivity index (χ0n) is 23.2. The fraction of sp³-hybridized carbons (Fsp3) is 0.438. The van der Waals surface area contributed by atoms with Gasteiger partial charge in [0.05, 0.1) is 19.1 Å². The van der Waals surface area contributed by atoms with E-state index in [1.54, 1.807) is 13.3 Å². The van der Waals surface area contributed by atoms with Crippen molar-refractivity contribution in [3.05, 3.63) is 77.0 Å². The normalized spacial score (nSPS) is 20.1. The van der Waals surface area contributed by atoms with Gasteiger partial charge in [-0.15, -0.1) is 0 Å². The molecule has 1 unspecified atom stereocenters. The van der Waals surface area contributed by atoms with Crippen molar-refractivity contribution in [3.63, 3.8) is 0 Å². The summed E-state index contributed by atoms with van der Waals surface area (Å²) in [6.07, 6.45) is 4.60. The number of aromatic nitrogens is 1. The summed E-state index contributed by atoms with van der Waals surface area (Å²) >= 11 is 0. The number of aliphatic hydroxyl groups is 1. The van der Waals surface area contributed by atoms with Crippen LogP contribution in [0.1, 0.15) is 74.5 Å². The number of carboxylic acids is 1. The molecular weight excluding hydrogens is 492 g/mol. The average Bonchev–Trinajstić information content (AvgIpc) is 3.28.